The maximum atomic E-state index is 11.7. The van der Waals surface area contributed by atoms with Crippen LogP contribution in [-0.4, -0.2) is 37.8 Å². The molecule has 6 heteroatoms. The third-order valence-corrected chi connectivity index (χ3v) is 3.01. The van der Waals surface area contributed by atoms with Crippen molar-refractivity contribution in [1.29, 1.82) is 0 Å². The Kier molecular flexibility index (Phi) is 12.4. The van der Waals surface area contributed by atoms with Gasteiger partial charge in [0.15, 0.2) is 0 Å². The zero-order valence-electron chi connectivity index (χ0n) is 13.0. The van der Waals surface area contributed by atoms with Crippen molar-refractivity contribution in [3.63, 3.8) is 0 Å². The minimum absolute atomic E-state index is 0.270. The molecule has 0 aliphatic rings. The van der Waals surface area contributed by atoms with Crippen LogP contribution in [0.25, 0.3) is 0 Å². The summed E-state index contributed by atoms with van der Waals surface area (Å²) < 4.78 is 0. The smallest absolute Gasteiger partial charge is 0.316 e. The van der Waals surface area contributed by atoms with Crippen molar-refractivity contribution in [3.05, 3.63) is 11.5 Å². The quantitative estimate of drug-likeness (QED) is 0.473. The molecular formula is C15H25N3O2S. The molecule has 1 unspecified atom stereocenters. The van der Waals surface area contributed by atoms with Gasteiger partial charge in [-0.3, -0.25) is 4.79 Å². The molecule has 5 nitrogen and oxygen atoms in total. The molecule has 118 valence electrons. The lowest BCUT2D eigenvalue weighted by molar-refractivity contribution is -0.115. The largest absolute Gasteiger partial charge is 0.348 e. The lowest BCUT2D eigenvalue weighted by atomic mass is 10.2. The number of urea groups is 1. The van der Waals surface area contributed by atoms with Gasteiger partial charge in [0.1, 0.15) is 6.04 Å². The van der Waals surface area contributed by atoms with Crippen LogP contribution in [0.3, 0.4) is 0 Å². The van der Waals surface area contributed by atoms with E-state index in [1.807, 2.05) is 11.7 Å². The van der Waals surface area contributed by atoms with Crippen LogP contribution in [0.4, 0.5) is 4.79 Å². The monoisotopic (exact) mass is 311 g/mol. The van der Waals surface area contributed by atoms with Crippen LogP contribution in [-0.2, 0) is 4.79 Å². The fourth-order valence-electron chi connectivity index (χ4n) is 1.44. The fraction of sp³-hybridized carbons (Fsp3) is 0.600. The summed E-state index contributed by atoms with van der Waals surface area (Å²) in [6, 6.07) is -0.751. The number of unbranched alkanes of at least 4 members (excludes halogenated alkanes) is 3. The minimum atomic E-state index is -0.481. The Morgan fingerprint density at radius 3 is 2.67 bits per heavy atom. The predicted octanol–water partition coefficient (Wildman–Crippen LogP) is 1.86. The molecule has 0 radical (unpaired) electrons. The van der Waals surface area contributed by atoms with Gasteiger partial charge in [-0.05, 0) is 30.1 Å². The second-order valence-corrected chi connectivity index (χ2v) is 5.09. The fourth-order valence-corrected chi connectivity index (χ4v) is 1.76. The zero-order chi connectivity index (χ0) is 15.9. The Morgan fingerprint density at radius 1 is 1.29 bits per heavy atom. The molecule has 0 bridgehead atoms. The first-order valence-electron chi connectivity index (χ1n) is 7.11. The average molecular weight is 311 g/mol. The molecule has 0 aliphatic carbocycles. The maximum Gasteiger partial charge on any atom is 0.316 e. The summed E-state index contributed by atoms with van der Waals surface area (Å²) >= 11 is 1.50. The van der Waals surface area contributed by atoms with Crippen LogP contribution in [0.2, 0.25) is 0 Å². The molecule has 1 atom stereocenters. The summed E-state index contributed by atoms with van der Waals surface area (Å²) in [5.74, 6) is 4.76. The standard InChI is InChI=1S/C15H25N3O2S/c1-4-5-6-7-11-17-15(20)18-13(10-12-21-3)8-9-14(19)16-2/h10,12-13H,4-7,11H2,1-3H3,(H,16,19)(H2,17,18,20)/b12-10+. The highest BCUT2D eigenvalue weighted by molar-refractivity contribution is 8.01. The summed E-state index contributed by atoms with van der Waals surface area (Å²) in [5.41, 5.74) is 0. The summed E-state index contributed by atoms with van der Waals surface area (Å²) in [7, 11) is 1.51. The van der Waals surface area contributed by atoms with Gasteiger partial charge < -0.3 is 16.0 Å². The molecule has 0 aromatic heterocycles. The highest BCUT2D eigenvalue weighted by atomic mass is 32.2. The van der Waals surface area contributed by atoms with E-state index < -0.39 is 6.04 Å². The predicted molar refractivity (Wildman–Crippen MR) is 89.0 cm³/mol. The summed E-state index contributed by atoms with van der Waals surface area (Å²) in [4.78, 5) is 22.8. The Labute approximate surface area is 131 Å². The van der Waals surface area contributed by atoms with Crippen molar-refractivity contribution in [1.82, 2.24) is 16.0 Å². The van der Waals surface area contributed by atoms with Gasteiger partial charge in [0, 0.05) is 13.6 Å². The van der Waals surface area contributed by atoms with E-state index in [9.17, 15) is 9.59 Å². The summed E-state index contributed by atoms with van der Waals surface area (Å²) in [6.45, 7) is 2.79. The first-order chi connectivity index (χ1) is 10.1. The SMILES string of the molecule is CCCCCCNC(=O)NC(C#CC(=O)NC)/C=C/SC. The van der Waals surface area contributed by atoms with E-state index in [0.717, 1.165) is 12.8 Å². The van der Waals surface area contributed by atoms with Gasteiger partial charge in [0.25, 0.3) is 5.91 Å². The van der Waals surface area contributed by atoms with Gasteiger partial charge in [0.05, 0.1) is 0 Å². The summed E-state index contributed by atoms with van der Waals surface area (Å²) in [6.07, 6.45) is 8.09. The van der Waals surface area contributed by atoms with Crippen molar-refractivity contribution in [2.24, 2.45) is 0 Å². The van der Waals surface area contributed by atoms with Crippen LogP contribution in [0, 0.1) is 11.8 Å². The van der Waals surface area contributed by atoms with Gasteiger partial charge in [0.2, 0.25) is 0 Å². The third-order valence-electron chi connectivity index (χ3n) is 2.58. The zero-order valence-corrected chi connectivity index (χ0v) is 13.8. The summed E-state index contributed by atoms with van der Waals surface area (Å²) in [5, 5.41) is 9.75. The normalized spacial score (nSPS) is 11.4. The van der Waals surface area contributed by atoms with Crippen LogP contribution in [0.15, 0.2) is 11.5 Å². The van der Waals surface area contributed by atoms with Gasteiger partial charge in [-0.2, -0.15) is 0 Å². The first-order valence-corrected chi connectivity index (χ1v) is 8.39. The Balaban J connectivity index is 4.25. The molecule has 0 aromatic rings. The molecule has 3 amide bonds. The maximum absolute atomic E-state index is 11.7. The molecule has 21 heavy (non-hydrogen) atoms. The number of carbonyl (C=O) groups excluding carboxylic acids is 2. The van der Waals surface area contributed by atoms with Gasteiger partial charge >= 0.3 is 6.03 Å². The van der Waals surface area contributed by atoms with E-state index in [-0.39, 0.29) is 11.9 Å². The van der Waals surface area contributed by atoms with Crippen LogP contribution in [0.5, 0.6) is 0 Å². The van der Waals surface area contributed by atoms with Gasteiger partial charge in [-0.1, -0.05) is 32.1 Å². The minimum Gasteiger partial charge on any atom is -0.348 e. The molecule has 0 saturated heterocycles. The van der Waals surface area contributed by atoms with Crippen molar-refractivity contribution in [3.8, 4) is 11.8 Å². The number of carbonyl (C=O) groups is 2. The van der Waals surface area contributed by atoms with Crippen molar-refractivity contribution < 1.29 is 9.59 Å². The third kappa shape index (κ3) is 11.9. The Hall–Kier alpha value is -1.61. The molecule has 0 heterocycles. The molecule has 0 fully saturated rings. The lowest BCUT2D eigenvalue weighted by Crippen LogP contribution is -2.41. The molecule has 3 N–H and O–H groups in total. The molecular weight excluding hydrogens is 286 g/mol. The van der Waals surface area contributed by atoms with E-state index in [1.165, 1.54) is 31.7 Å². The van der Waals surface area contributed by atoms with Gasteiger partial charge in [-0.25, -0.2) is 4.79 Å². The first kappa shape index (κ1) is 19.4. The number of thioether (sulfide) groups is 1. The highest BCUT2D eigenvalue weighted by Crippen LogP contribution is 1.98. The highest BCUT2D eigenvalue weighted by Gasteiger charge is 2.05. The molecule has 0 aliphatic heterocycles. The van der Waals surface area contributed by atoms with E-state index in [0.29, 0.717) is 6.54 Å². The Morgan fingerprint density at radius 2 is 2.05 bits per heavy atom. The number of amides is 3. The lowest BCUT2D eigenvalue weighted by Gasteiger charge is -2.10. The second-order valence-electron chi connectivity index (χ2n) is 4.35. The number of hydrogen-bond acceptors (Lipinski definition) is 3. The molecule has 0 aromatic carbocycles. The van der Waals surface area contributed by atoms with Crippen LogP contribution >= 0.6 is 11.8 Å². The van der Waals surface area contributed by atoms with Crippen LogP contribution < -0.4 is 16.0 Å². The average Bonchev–Trinajstić information content (AvgIpc) is 2.49. The van der Waals surface area contributed by atoms with Crippen LogP contribution in [0.1, 0.15) is 32.6 Å². The van der Waals surface area contributed by atoms with Gasteiger partial charge in [-0.15, -0.1) is 11.8 Å². The van der Waals surface area contributed by atoms with E-state index in [2.05, 4.69) is 34.7 Å². The molecule has 0 saturated carbocycles. The number of rotatable bonds is 8. The molecule has 0 rings (SSSR count). The van der Waals surface area contributed by atoms with Crippen molar-refractivity contribution in [2.75, 3.05) is 19.8 Å². The molecule has 0 spiro atoms. The Bertz CT molecular complexity index is 399. The van der Waals surface area contributed by atoms with E-state index in [4.69, 9.17) is 0 Å². The van der Waals surface area contributed by atoms with Crippen molar-refractivity contribution >= 4 is 23.7 Å². The number of nitrogens with one attached hydrogen (secondary N) is 3. The van der Waals surface area contributed by atoms with E-state index >= 15 is 0 Å². The van der Waals surface area contributed by atoms with E-state index in [1.54, 1.807) is 6.08 Å². The number of hydrogen-bond donors (Lipinski definition) is 3. The topological polar surface area (TPSA) is 70.2 Å². The second kappa shape index (κ2) is 13.4. The van der Waals surface area contributed by atoms with Crippen molar-refractivity contribution in [2.45, 2.75) is 38.6 Å².